The summed E-state index contributed by atoms with van der Waals surface area (Å²) in [6.07, 6.45) is 1.85. The van der Waals surface area contributed by atoms with E-state index in [1.54, 1.807) is 0 Å². The van der Waals surface area contributed by atoms with Crippen LogP contribution in [0.5, 0.6) is 0 Å². The second-order valence-corrected chi connectivity index (χ2v) is 3.44. The molecule has 1 nitrogen and oxygen atoms in total. The van der Waals surface area contributed by atoms with Crippen LogP contribution < -0.4 is 5.32 Å². The molecule has 0 aromatic heterocycles. The molecule has 0 bridgehead atoms. The van der Waals surface area contributed by atoms with Gasteiger partial charge >= 0.3 is 0 Å². The van der Waals surface area contributed by atoms with Crippen LogP contribution in [0.4, 0.5) is 5.69 Å². The lowest BCUT2D eigenvalue weighted by atomic mass is 10.2. The van der Waals surface area contributed by atoms with Crippen molar-refractivity contribution in [2.24, 2.45) is 0 Å². The molecule has 0 spiro atoms. The van der Waals surface area contributed by atoms with Crippen molar-refractivity contribution in [3.63, 3.8) is 0 Å². The Bertz CT molecular complexity index is 281. The van der Waals surface area contributed by atoms with E-state index >= 15 is 0 Å². The number of rotatable bonds is 3. The van der Waals surface area contributed by atoms with E-state index in [0.717, 1.165) is 16.7 Å². The number of hydrogen-bond acceptors (Lipinski definition) is 1. The molecule has 1 aromatic rings. The maximum atomic E-state index is 3.65. The molecule has 0 unspecified atom stereocenters. The first-order valence-electron chi connectivity index (χ1n) is 3.85. The van der Waals surface area contributed by atoms with Crippen molar-refractivity contribution in [1.82, 2.24) is 0 Å². The fourth-order valence-electron chi connectivity index (χ4n) is 0.981. The fraction of sp³-hybridized carbons (Fsp3) is 0.200. The average Bonchev–Trinajstić information content (AvgIpc) is 2.08. The summed E-state index contributed by atoms with van der Waals surface area (Å²) >= 11 is 3.47. The minimum absolute atomic E-state index is 0.803. The van der Waals surface area contributed by atoms with Crippen molar-refractivity contribution < 1.29 is 0 Å². The van der Waals surface area contributed by atoms with Crippen molar-refractivity contribution in [1.29, 1.82) is 0 Å². The van der Waals surface area contributed by atoms with Crippen LogP contribution in [-0.4, -0.2) is 6.54 Å². The molecular weight excluding hydrogens is 214 g/mol. The second kappa shape index (κ2) is 4.31. The fourth-order valence-corrected chi connectivity index (χ4v) is 1.35. The Hall–Kier alpha value is -0.760. The molecule has 2 heteroatoms. The van der Waals surface area contributed by atoms with E-state index in [2.05, 4.69) is 40.8 Å². The smallest absolute Gasteiger partial charge is 0.0383 e. The Kier molecular flexibility index (Phi) is 3.35. The molecule has 1 rings (SSSR count). The molecule has 0 amide bonds. The van der Waals surface area contributed by atoms with Crippen LogP contribution in [0.3, 0.4) is 0 Å². The third-order valence-electron chi connectivity index (χ3n) is 1.70. The first kappa shape index (κ1) is 9.33. The molecule has 64 valence electrons. The van der Waals surface area contributed by atoms with E-state index < -0.39 is 0 Å². The molecular formula is C10H12BrN. The van der Waals surface area contributed by atoms with Crippen LogP contribution in [0, 0.1) is 6.92 Å². The lowest BCUT2D eigenvalue weighted by Gasteiger charge is -2.07. The minimum Gasteiger partial charge on any atom is -0.381 e. The Morgan fingerprint density at radius 3 is 3.00 bits per heavy atom. The van der Waals surface area contributed by atoms with Crippen LogP contribution in [0.2, 0.25) is 0 Å². The van der Waals surface area contributed by atoms with Crippen LogP contribution in [-0.2, 0) is 0 Å². The summed E-state index contributed by atoms with van der Waals surface area (Å²) in [7, 11) is 0. The van der Waals surface area contributed by atoms with E-state index in [-0.39, 0.29) is 0 Å². The maximum Gasteiger partial charge on any atom is 0.0383 e. The average molecular weight is 226 g/mol. The quantitative estimate of drug-likeness (QED) is 0.779. The monoisotopic (exact) mass is 225 g/mol. The highest BCUT2D eigenvalue weighted by molar-refractivity contribution is 9.10. The highest BCUT2D eigenvalue weighted by Gasteiger charge is 1.98. The molecule has 1 aromatic carbocycles. The third kappa shape index (κ3) is 2.11. The first-order chi connectivity index (χ1) is 5.75. The Morgan fingerprint density at radius 1 is 1.58 bits per heavy atom. The molecule has 0 aliphatic heterocycles. The third-order valence-corrected chi connectivity index (χ3v) is 2.56. The summed E-state index contributed by atoms with van der Waals surface area (Å²) in [5.41, 5.74) is 2.39. The second-order valence-electron chi connectivity index (χ2n) is 2.58. The zero-order chi connectivity index (χ0) is 8.97. The molecule has 0 radical (unpaired) electrons. The highest BCUT2D eigenvalue weighted by atomic mass is 79.9. The molecule has 0 fully saturated rings. The molecule has 1 N–H and O–H groups in total. The molecule has 0 aliphatic rings. The van der Waals surface area contributed by atoms with Gasteiger partial charge in [0.25, 0.3) is 0 Å². The molecule has 0 saturated carbocycles. The summed E-state index contributed by atoms with van der Waals surface area (Å²) in [6, 6.07) is 6.11. The van der Waals surface area contributed by atoms with Crippen LogP contribution in [0.25, 0.3) is 0 Å². The van der Waals surface area contributed by atoms with Crippen LogP contribution >= 0.6 is 15.9 Å². The lowest BCUT2D eigenvalue weighted by molar-refractivity contribution is 1.30. The SMILES string of the molecule is C=CCNc1cccc(Br)c1C. The summed E-state index contributed by atoms with van der Waals surface area (Å²) in [5, 5.41) is 3.26. The van der Waals surface area contributed by atoms with Gasteiger partial charge < -0.3 is 5.32 Å². The molecule has 12 heavy (non-hydrogen) atoms. The van der Waals surface area contributed by atoms with Gasteiger partial charge in [0.15, 0.2) is 0 Å². The van der Waals surface area contributed by atoms with Gasteiger partial charge in [-0.2, -0.15) is 0 Å². The van der Waals surface area contributed by atoms with Crippen molar-refractivity contribution >= 4 is 21.6 Å². The summed E-state index contributed by atoms with van der Waals surface area (Å²) < 4.78 is 1.14. The molecule has 0 heterocycles. The largest absolute Gasteiger partial charge is 0.381 e. The summed E-state index contributed by atoms with van der Waals surface area (Å²) in [4.78, 5) is 0. The van der Waals surface area contributed by atoms with Crippen molar-refractivity contribution in [3.05, 3.63) is 40.9 Å². The van der Waals surface area contributed by atoms with Gasteiger partial charge in [0.2, 0.25) is 0 Å². The minimum atomic E-state index is 0.803. The van der Waals surface area contributed by atoms with Gasteiger partial charge in [0.1, 0.15) is 0 Å². The normalized spacial score (nSPS) is 9.50. The zero-order valence-electron chi connectivity index (χ0n) is 7.10. The van der Waals surface area contributed by atoms with E-state index in [4.69, 9.17) is 0 Å². The number of benzene rings is 1. The van der Waals surface area contributed by atoms with Crippen molar-refractivity contribution in [2.45, 2.75) is 6.92 Å². The standard InChI is InChI=1S/C10H12BrN/c1-3-7-12-10-6-4-5-9(11)8(10)2/h3-6,12H,1,7H2,2H3. The highest BCUT2D eigenvalue weighted by Crippen LogP contribution is 2.22. The molecule has 0 saturated heterocycles. The predicted octanol–water partition coefficient (Wildman–Crippen LogP) is 3.36. The zero-order valence-corrected chi connectivity index (χ0v) is 8.69. The van der Waals surface area contributed by atoms with Gasteiger partial charge in [-0.15, -0.1) is 6.58 Å². The van der Waals surface area contributed by atoms with Gasteiger partial charge in [-0.3, -0.25) is 0 Å². The lowest BCUT2D eigenvalue weighted by Crippen LogP contribution is -1.99. The van der Waals surface area contributed by atoms with Gasteiger partial charge in [-0.1, -0.05) is 28.1 Å². The number of nitrogens with one attached hydrogen (secondary N) is 1. The van der Waals surface area contributed by atoms with Gasteiger partial charge in [-0.25, -0.2) is 0 Å². The van der Waals surface area contributed by atoms with Crippen molar-refractivity contribution in [3.8, 4) is 0 Å². The Balaban J connectivity index is 2.84. The Labute approximate surface area is 81.6 Å². The topological polar surface area (TPSA) is 12.0 Å². The number of anilines is 1. The van der Waals surface area contributed by atoms with E-state index in [1.165, 1.54) is 5.56 Å². The molecule has 0 aliphatic carbocycles. The number of hydrogen-bond donors (Lipinski definition) is 1. The summed E-state index contributed by atoms with van der Waals surface area (Å²) in [6.45, 7) is 6.54. The van der Waals surface area contributed by atoms with E-state index in [0.29, 0.717) is 0 Å². The maximum absolute atomic E-state index is 3.65. The van der Waals surface area contributed by atoms with Gasteiger partial charge in [-0.05, 0) is 24.6 Å². The summed E-state index contributed by atoms with van der Waals surface area (Å²) in [5.74, 6) is 0. The van der Waals surface area contributed by atoms with Gasteiger partial charge in [0, 0.05) is 16.7 Å². The van der Waals surface area contributed by atoms with E-state index in [9.17, 15) is 0 Å². The van der Waals surface area contributed by atoms with Crippen LogP contribution in [0.1, 0.15) is 5.56 Å². The van der Waals surface area contributed by atoms with Crippen LogP contribution in [0.15, 0.2) is 35.3 Å². The predicted molar refractivity (Wildman–Crippen MR) is 57.6 cm³/mol. The number of halogens is 1. The van der Waals surface area contributed by atoms with Gasteiger partial charge in [0.05, 0.1) is 0 Å². The Morgan fingerprint density at radius 2 is 2.33 bits per heavy atom. The van der Waals surface area contributed by atoms with E-state index in [1.807, 2.05) is 18.2 Å². The van der Waals surface area contributed by atoms with Crippen molar-refractivity contribution in [2.75, 3.05) is 11.9 Å². The molecule has 0 atom stereocenters. The first-order valence-corrected chi connectivity index (χ1v) is 4.65.